The van der Waals surface area contributed by atoms with Crippen molar-refractivity contribution < 1.29 is 0 Å². The van der Waals surface area contributed by atoms with E-state index >= 15 is 0 Å². The van der Waals surface area contributed by atoms with Gasteiger partial charge in [0.05, 0.1) is 24.2 Å². The predicted octanol–water partition coefficient (Wildman–Crippen LogP) is 3.76. The van der Waals surface area contributed by atoms with Crippen LogP contribution in [0, 0.1) is 0 Å². The van der Waals surface area contributed by atoms with Crippen molar-refractivity contribution in [2.45, 2.75) is 13.3 Å². The highest BCUT2D eigenvalue weighted by atomic mass is 79.9. The van der Waals surface area contributed by atoms with E-state index in [9.17, 15) is 0 Å². The maximum absolute atomic E-state index is 5.89. The molecule has 3 rings (SSSR count). The standard InChI is InChI=1S/C12H11ClN4S.BrH/c1-2-11-16-18-12-14-7-10(15-17(11)12)8-3-5-9(13)6-4-8;/h3-6H,2,7H2,1H3;1H. The molecular weight excluding hydrogens is 348 g/mol. The summed E-state index contributed by atoms with van der Waals surface area (Å²) in [4.78, 5) is 4.50. The van der Waals surface area contributed by atoms with Crippen LogP contribution in [0.1, 0.15) is 18.9 Å². The van der Waals surface area contributed by atoms with E-state index < -0.39 is 0 Å². The number of benzene rings is 1. The van der Waals surface area contributed by atoms with Crippen molar-refractivity contribution in [1.29, 1.82) is 0 Å². The molecule has 0 saturated carbocycles. The predicted molar refractivity (Wildman–Crippen MR) is 87.8 cm³/mol. The number of aliphatic imine (C=N–C) groups is 1. The summed E-state index contributed by atoms with van der Waals surface area (Å²) in [5, 5.41) is 8.05. The molecule has 19 heavy (non-hydrogen) atoms. The molecule has 0 atom stereocenters. The molecule has 1 aromatic carbocycles. The molecule has 100 valence electrons. The number of fused-ring (bicyclic) bond motifs is 1. The second kappa shape index (κ2) is 6.07. The average molecular weight is 360 g/mol. The first kappa shape index (κ1) is 14.6. The van der Waals surface area contributed by atoms with Gasteiger partial charge in [-0.1, -0.05) is 30.7 Å². The summed E-state index contributed by atoms with van der Waals surface area (Å²) in [6.07, 6.45) is 0.851. The maximum Gasteiger partial charge on any atom is 0.209 e. The first-order valence-electron chi connectivity index (χ1n) is 5.70. The van der Waals surface area contributed by atoms with Crippen molar-refractivity contribution in [2.24, 2.45) is 14.5 Å². The molecule has 0 fully saturated rings. The molecule has 0 bridgehead atoms. The number of hydrogen-bond acceptors (Lipinski definition) is 5. The van der Waals surface area contributed by atoms with Crippen LogP contribution in [0.15, 0.2) is 38.8 Å². The maximum atomic E-state index is 5.89. The quantitative estimate of drug-likeness (QED) is 0.754. The van der Waals surface area contributed by atoms with Gasteiger partial charge in [0.15, 0.2) is 0 Å². The molecule has 0 aliphatic carbocycles. The van der Waals surface area contributed by atoms with Crippen molar-refractivity contribution in [3.8, 4) is 0 Å². The number of rotatable bonds is 2. The van der Waals surface area contributed by atoms with E-state index in [0.29, 0.717) is 6.54 Å². The summed E-state index contributed by atoms with van der Waals surface area (Å²) in [6, 6.07) is 7.67. The van der Waals surface area contributed by atoms with Crippen molar-refractivity contribution in [2.75, 3.05) is 6.54 Å². The second-order valence-corrected chi connectivity index (χ2v) is 5.08. The highest BCUT2D eigenvalue weighted by Gasteiger charge is 2.27. The number of amidine groups is 2. The van der Waals surface area contributed by atoms with Gasteiger partial charge >= 0.3 is 0 Å². The molecule has 0 N–H and O–H groups in total. The zero-order valence-electron chi connectivity index (χ0n) is 10.2. The van der Waals surface area contributed by atoms with Gasteiger partial charge in [-0.3, -0.25) is 4.99 Å². The summed E-state index contributed by atoms with van der Waals surface area (Å²) in [5.41, 5.74) is 1.99. The van der Waals surface area contributed by atoms with Crippen LogP contribution in [0.4, 0.5) is 0 Å². The fourth-order valence-electron chi connectivity index (χ4n) is 1.78. The van der Waals surface area contributed by atoms with Crippen molar-refractivity contribution >= 4 is 57.2 Å². The van der Waals surface area contributed by atoms with Gasteiger partial charge in [-0.2, -0.15) is 14.5 Å². The molecule has 0 unspecified atom stereocenters. The largest absolute Gasteiger partial charge is 0.253 e. The van der Waals surface area contributed by atoms with Crippen LogP contribution in [-0.2, 0) is 0 Å². The van der Waals surface area contributed by atoms with E-state index in [1.807, 2.05) is 29.3 Å². The lowest BCUT2D eigenvalue weighted by atomic mass is 10.1. The van der Waals surface area contributed by atoms with Gasteiger partial charge in [0.25, 0.3) is 0 Å². The highest BCUT2D eigenvalue weighted by molar-refractivity contribution is 8.93. The third kappa shape index (κ3) is 2.85. The van der Waals surface area contributed by atoms with Gasteiger partial charge in [-0.15, -0.1) is 17.0 Å². The van der Waals surface area contributed by atoms with E-state index in [2.05, 4.69) is 21.4 Å². The van der Waals surface area contributed by atoms with Crippen LogP contribution in [0.3, 0.4) is 0 Å². The number of hydrogen-bond donors (Lipinski definition) is 0. The summed E-state index contributed by atoms with van der Waals surface area (Å²) in [6.45, 7) is 2.65. The molecule has 0 saturated heterocycles. The second-order valence-electron chi connectivity index (χ2n) is 3.92. The monoisotopic (exact) mass is 358 g/mol. The molecule has 7 heteroatoms. The van der Waals surface area contributed by atoms with Crippen molar-refractivity contribution in [3.63, 3.8) is 0 Å². The van der Waals surface area contributed by atoms with Crippen LogP contribution >= 0.6 is 40.5 Å². The summed E-state index contributed by atoms with van der Waals surface area (Å²) < 4.78 is 4.34. The Morgan fingerprint density at radius 2 is 2.05 bits per heavy atom. The lowest BCUT2D eigenvalue weighted by Crippen LogP contribution is -2.31. The van der Waals surface area contributed by atoms with E-state index in [0.717, 1.165) is 33.7 Å². The number of nitrogens with zero attached hydrogens (tertiary/aromatic N) is 4. The molecule has 4 nitrogen and oxygen atoms in total. The van der Waals surface area contributed by atoms with Gasteiger partial charge in [0.2, 0.25) is 5.17 Å². The minimum Gasteiger partial charge on any atom is -0.253 e. The Morgan fingerprint density at radius 1 is 1.32 bits per heavy atom. The van der Waals surface area contributed by atoms with Crippen molar-refractivity contribution in [1.82, 2.24) is 5.01 Å². The van der Waals surface area contributed by atoms with Gasteiger partial charge in [0, 0.05) is 11.4 Å². The minimum absolute atomic E-state index is 0. The molecule has 2 heterocycles. The zero-order chi connectivity index (χ0) is 12.5. The Kier molecular flexibility index (Phi) is 4.65. The smallest absolute Gasteiger partial charge is 0.209 e. The fourth-order valence-corrected chi connectivity index (χ4v) is 2.64. The number of hydrazone groups is 1. The van der Waals surface area contributed by atoms with E-state index in [-0.39, 0.29) is 17.0 Å². The number of halogens is 2. The van der Waals surface area contributed by atoms with Crippen LogP contribution in [0.2, 0.25) is 5.02 Å². The molecule has 1 aromatic rings. The van der Waals surface area contributed by atoms with Gasteiger partial charge in [-0.05, 0) is 17.7 Å². The molecule has 0 radical (unpaired) electrons. The molecule has 0 aromatic heterocycles. The van der Waals surface area contributed by atoms with Crippen LogP contribution in [0.25, 0.3) is 0 Å². The molecule has 0 amide bonds. The minimum atomic E-state index is 0. The Balaban J connectivity index is 0.00000133. The van der Waals surface area contributed by atoms with E-state index in [4.69, 9.17) is 11.6 Å². The Labute approximate surface area is 131 Å². The normalized spacial score (nSPS) is 17.2. The fraction of sp³-hybridized carbons (Fsp3) is 0.250. The van der Waals surface area contributed by atoms with E-state index in [1.54, 1.807) is 0 Å². The Morgan fingerprint density at radius 3 is 2.74 bits per heavy atom. The lowest BCUT2D eigenvalue weighted by molar-refractivity contribution is 0.650. The molecule has 2 aliphatic heterocycles. The van der Waals surface area contributed by atoms with Crippen LogP contribution < -0.4 is 0 Å². The van der Waals surface area contributed by atoms with Gasteiger partial charge in [-0.25, -0.2) is 0 Å². The highest BCUT2D eigenvalue weighted by Crippen LogP contribution is 2.25. The Bertz CT molecular complexity index is 568. The average Bonchev–Trinajstić information content (AvgIpc) is 2.81. The third-order valence-corrected chi connectivity index (χ3v) is 3.76. The lowest BCUT2D eigenvalue weighted by Gasteiger charge is -2.19. The SMILES string of the molecule is Br.CCC1=NSC2=NCC(c3ccc(Cl)cc3)=NN12. The first-order chi connectivity index (χ1) is 8.78. The van der Waals surface area contributed by atoms with Crippen LogP contribution in [0.5, 0.6) is 0 Å². The van der Waals surface area contributed by atoms with Gasteiger partial charge < -0.3 is 0 Å². The summed E-state index contributed by atoms with van der Waals surface area (Å²) in [7, 11) is 0. The Hall–Kier alpha value is -0.850. The zero-order valence-corrected chi connectivity index (χ0v) is 13.5. The summed E-state index contributed by atoms with van der Waals surface area (Å²) in [5.74, 6) is 0.949. The summed E-state index contributed by atoms with van der Waals surface area (Å²) >= 11 is 7.28. The third-order valence-electron chi connectivity index (χ3n) is 2.74. The molecule has 0 spiro atoms. The van der Waals surface area contributed by atoms with Crippen molar-refractivity contribution in [3.05, 3.63) is 34.9 Å². The molecular formula is C12H12BrClN4S. The topological polar surface area (TPSA) is 40.3 Å². The van der Waals surface area contributed by atoms with Gasteiger partial charge in [0.1, 0.15) is 5.84 Å². The van der Waals surface area contributed by atoms with E-state index in [1.165, 1.54) is 11.9 Å². The first-order valence-corrected chi connectivity index (χ1v) is 6.85. The molecule has 2 aliphatic rings. The van der Waals surface area contributed by atoms with Crippen LogP contribution in [-0.4, -0.2) is 28.3 Å².